The number of nitro groups is 2. The van der Waals surface area contributed by atoms with Gasteiger partial charge in [0, 0.05) is 20.2 Å². The van der Waals surface area contributed by atoms with Crippen LogP contribution in [-0.2, 0) is 9.59 Å². The van der Waals surface area contributed by atoms with Gasteiger partial charge in [-0.3, -0.25) is 45.0 Å². The zero-order chi connectivity index (χ0) is 20.5. The fraction of sp³-hybridized carbons (Fsp3) is 0.286. The van der Waals surface area contributed by atoms with Crippen molar-refractivity contribution in [1.29, 1.82) is 0 Å². The molecule has 27 heavy (non-hydrogen) atoms. The van der Waals surface area contributed by atoms with Gasteiger partial charge in [0.2, 0.25) is 11.8 Å². The lowest BCUT2D eigenvalue weighted by atomic mass is 9.99. The van der Waals surface area contributed by atoms with Crippen LogP contribution in [0.5, 0.6) is 0 Å². The SMILES string of the molecule is C/C(=N\Nc1ccc([N+](=O)[O-])cc1[N+](=O)[O-])C1C(=O)N(C)C(=O)N(C)C1=O. The Morgan fingerprint density at radius 1 is 1.07 bits per heavy atom. The number of nitro benzene ring substituents is 2. The summed E-state index contributed by atoms with van der Waals surface area (Å²) in [4.78, 5) is 57.9. The van der Waals surface area contributed by atoms with Crippen molar-refractivity contribution in [1.82, 2.24) is 9.80 Å². The van der Waals surface area contributed by atoms with E-state index in [1.165, 1.54) is 21.0 Å². The number of hydrogen-bond donors (Lipinski definition) is 1. The number of nitrogens with zero attached hydrogens (tertiary/aromatic N) is 5. The van der Waals surface area contributed by atoms with Gasteiger partial charge in [-0.15, -0.1) is 0 Å². The Morgan fingerprint density at radius 3 is 2.11 bits per heavy atom. The van der Waals surface area contributed by atoms with E-state index in [1.807, 2.05) is 0 Å². The highest BCUT2D eigenvalue weighted by atomic mass is 16.6. The second-order valence-corrected chi connectivity index (χ2v) is 5.59. The topological polar surface area (TPSA) is 168 Å². The molecule has 0 aromatic heterocycles. The summed E-state index contributed by atoms with van der Waals surface area (Å²) in [5, 5.41) is 25.7. The van der Waals surface area contributed by atoms with E-state index in [9.17, 15) is 34.6 Å². The molecule has 0 unspecified atom stereocenters. The Morgan fingerprint density at radius 2 is 1.63 bits per heavy atom. The number of anilines is 1. The molecule has 1 N–H and O–H groups in total. The van der Waals surface area contributed by atoms with Gasteiger partial charge in [0.15, 0.2) is 5.92 Å². The lowest BCUT2D eigenvalue weighted by Gasteiger charge is -2.32. The van der Waals surface area contributed by atoms with Gasteiger partial charge < -0.3 is 0 Å². The summed E-state index contributed by atoms with van der Waals surface area (Å²) in [7, 11) is 2.42. The maximum Gasteiger partial charge on any atom is 0.332 e. The van der Waals surface area contributed by atoms with Crippen molar-refractivity contribution in [3.8, 4) is 0 Å². The van der Waals surface area contributed by atoms with E-state index in [0.717, 1.165) is 28.0 Å². The highest BCUT2D eigenvalue weighted by molar-refractivity contribution is 6.27. The summed E-state index contributed by atoms with van der Waals surface area (Å²) in [5.74, 6) is -2.95. The molecule has 1 aliphatic rings. The van der Waals surface area contributed by atoms with Gasteiger partial charge in [0.1, 0.15) is 5.69 Å². The van der Waals surface area contributed by atoms with Crippen LogP contribution in [0.4, 0.5) is 21.9 Å². The number of rotatable bonds is 5. The predicted octanol–water partition coefficient (Wildman–Crippen LogP) is 0.957. The van der Waals surface area contributed by atoms with E-state index in [-0.39, 0.29) is 11.4 Å². The Labute approximate surface area is 151 Å². The van der Waals surface area contributed by atoms with E-state index in [1.54, 1.807) is 0 Å². The number of hydrogen-bond acceptors (Lipinski definition) is 9. The molecule has 1 saturated heterocycles. The molecule has 2 rings (SSSR count). The minimum absolute atomic E-state index is 0.0381. The lowest BCUT2D eigenvalue weighted by molar-refractivity contribution is -0.393. The Hall–Kier alpha value is -3.90. The van der Waals surface area contributed by atoms with Crippen molar-refractivity contribution >= 4 is 40.6 Å². The van der Waals surface area contributed by atoms with Gasteiger partial charge in [-0.25, -0.2) is 4.79 Å². The molecular weight excluding hydrogens is 364 g/mol. The smallest absolute Gasteiger partial charge is 0.273 e. The van der Waals surface area contributed by atoms with Crippen molar-refractivity contribution in [2.75, 3.05) is 19.5 Å². The van der Waals surface area contributed by atoms with E-state index in [2.05, 4.69) is 10.5 Å². The van der Waals surface area contributed by atoms with Gasteiger partial charge in [-0.05, 0) is 13.0 Å². The summed E-state index contributed by atoms with van der Waals surface area (Å²) >= 11 is 0. The highest BCUT2D eigenvalue weighted by Gasteiger charge is 2.44. The summed E-state index contributed by atoms with van der Waals surface area (Å²) in [6.07, 6.45) is 0. The summed E-state index contributed by atoms with van der Waals surface area (Å²) in [6, 6.07) is 2.09. The minimum Gasteiger partial charge on any atom is -0.273 e. The first kappa shape index (κ1) is 19.4. The van der Waals surface area contributed by atoms with Crippen LogP contribution in [0.25, 0.3) is 0 Å². The van der Waals surface area contributed by atoms with E-state index in [0.29, 0.717) is 0 Å². The number of amides is 4. The predicted molar refractivity (Wildman–Crippen MR) is 90.9 cm³/mol. The molecule has 142 valence electrons. The lowest BCUT2D eigenvalue weighted by Crippen LogP contribution is -2.58. The molecule has 0 aliphatic carbocycles. The standard InChI is InChI=1S/C14H14N6O7/c1-7(11-12(21)17(2)14(23)18(3)13(11)22)15-16-9-5-4-8(19(24)25)6-10(9)20(26)27/h4-6,11,16H,1-3H3/b15-7+. The molecule has 0 radical (unpaired) electrons. The Kier molecular flexibility index (Phi) is 5.14. The number of non-ortho nitro benzene ring substituents is 1. The summed E-state index contributed by atoms with van der Waals surface area (Å²) in [6.45, 7) is 1.34. The second kappa shape index (κ2) is 7.15. The van der Waals surface area contributed by atoms with Gasteiger partial charge >= 0.3 is 11.7 Å². The third-order valence-corrected chi connectivity index (χ3v) is 3.89. The van der Waals surface area contributed by atoms with Crippen molar-refractivity contribution in [2.45, 2.75) is 6.92 Å². The monoisotopic (exact) mass is 378 g/mol. The van der Waals surface area contributed by atoms with Crippen LogP contribution in [-0.4, -0.2) is 57.3 Å². The molecule has 4 amide bonds. The molecule has 0 spiro atoms. The zero-order valence-electron chi connectivity index (χ0n) is 14.4. The normalized spacial score (nSPS) is 16.0. The Balaban J connectivity index is 2.33. The Bertz CT molecular complexity index is 872. The molecular formula is C14H14N6O7. The number of carbonyl (C=O) groups is 3. The number of nitrogens with one attached hydrogen (secondary N) is 1. The first-order valence-corrected chi connectivity index (χ1v) is 7.38. The number of urea groups is 1. The number of carbonyl (C=O) groups excluding carboxylic acids is 3. The van der Waals surface area contributed by atoms with Crippen molar-refractivity contribution in [2.24, 2.45) is 11.0 Å². The van der Waals surface area contributed by atoms with E-state index in [4.69, 9.17) is 0 Å². The van der Waals surface area contributed by atoms with Crippen LogP contribution >= 0.6 is 0 Å². The van der Waals surface area contributed by atoms with Crippen LogP contribution in [0.15, 0.2) is 23.3 Å². The second-order valence-electron chi connectivity index (χ2n) is 5.59. The van der Waals surface area contributed by atoms with Crippen molar-refractivity contribution in [3.63, 3.8) is 0 Å². The number of barbiturate groups is 1. The van der Waals surface area contributed by atoms with Crippen LogP contribution in [0, 0.1) is 26.1 Å². The van der Waals surface area contributed by atoms with E-state index < -0.39 is 45.0 Å². The van der Waals surface area contributed by atoms with Gasteiger partial charge in [-0.1, -0.05) is 0 Å². The quantitative estimate of drug-likeness (QED) is 0.342. The van der Waals surface area contributed by atoms with Crippen molar-refractivity contribution in [3.05, 3.63) is 38.4 Å². The molecule has 1 aliphatic heterocycles. The van der Waals surface area contributed by atoms with Crippen LogP contribution in [0.2, 0.25) is 0 Å². The largest absolute Gasteiger partial charge is 0.332 e. The third-order valence-electron chi connectivity index (χ3n) is 3.89. The molecule has 13 heteroatoms. The average Bonchev–Trinajstić information content (AvgIpc) is 2.62. The van der Waals surface area contributed by atoms with Crippen LogP contribution < -0.4 is 5.43 Å². The summed E-state index contributed by atoms with van der Waals surface area (Å²) in [5.41, 5.74) is 1.05. The molecule has 13 nitrogen and oxygen atoms in total. The first-order chi connectivity index (χ1) is 12.6. The van der Waals surface area contributed by atoms with Crippen LogP contribution in [0.3, 0.4) is 0 Å². The third kappa shape index (κ3) is 3.56. The highest BCUT2D eigenvalue weighted by Crippen LogP contribution is 2.29. The first-order valence-electron chi connectivity index (χ1n) is 7.38. The molecule has 1 fully saturated rings. The number of hydrazone groups is 1. The fourth-order valence-electron chi connectivity index (χ4n) is 2.36. The number of imide groups is 2. The van der Waals surface area contributed by atoms with Gasteiger partial charge in [-0.2, -0.15) is 5.10 Å². The fourth-order valence-corrected chi connectivity index (χ4v) is 2.36. The molecule has 0 bridgehead atoms. The van der Waals surface area contributed by atoms with E-state index >= 15 is 0 Å². The summed E-state index contributed by atoms with van der Waals surface area (Å²) < 4.78 is 0. The molecule has 1 aromatic rings. The van der Waals surface area contributed by atoms with Crippen LogP contribution in [0.1, 0.15) is 6.92 Å². The maximum absolute atomic E-state index is 12.2. The minimum atomic E-state index is -1.37. The molecule has 0 atom stereocenters. The van der Waals surface area contributed by atoms with Crippen molar-refractivity contribution < 1.29 is 24.2 Å². The maximum atomic E-state index is 12.2. The molecule has 1 aromatic carbocycles. The average molecular weight is 378 g/mol. The molecule has 0 saturated carbocycles. The zero-order valence-corrected chi connectivity index (χ0v) is 14.4. The van der Waals surface area contributed by atoms with Gasteiger partial charge in [0.25, 0.3) is 5.69 Å². The number of benzene rings is 1. The molecule has 1 heterocycles. The van der Waals surface area contributed by atoms with Gasteiger partial charge in [0.05, 0.1) is 21.6 Å².